The Morgan fingerprint density at radius 2 is 1.64 bits per heavy atom. The van der Waals surface area contributed by atoms with E-state index < -0.39 is 6.16 Å². The summed E-state index contributed by atoms with van der Waals surface area (Å²) in [4.78, 5) is 26.8. The van der Waals surface area contributed by atoms with Gasteiger partial charge in [-0.1, -0.05) is 49.2 Å². The molecule has 33 heavy (non-hydrogen) atoms. The van der Waals surface area contributed by atoms with E-state index in [1.54, 1.807) is 11.8 Å². The van der Waals surface area contributed by atoms with Gasteiger partial charge in [0.2, 0.25) is 0 Å². The highest BCUT2D eigenvalue weighted by Gasteiger charge is 2.33. The lowest BCUT2D eigenvalue weighted by molar-refractivity contribution is -0.115. The first-order valence-electron chi connectivity index (χ1n) is 11.7. The van der Waals surface area contributed by atoms with Crippen molar-refractivity contribution in [2.24, 2.45) is 5.92 Å². The fourth-order valence-corrected chi connectivity index (χ4v) is 5.49. The molecular weight excluding hydrogens is 432 g/mol. The molecule has 0 heterocycles. The summed E-state index contributed by atoms with van der Waals surface area (Å²) in [6.45, 7) is 8.35. The largest absolute Gasteiger partial charge is 0.513 e. The Hall–Kier alpha value is -2.53. The number of thioether (sulfide) groups is 1. The highest BCUT2D eigenvalue weighted by atomic mass is 32.2. The molecular formula is C28H34O4S. The highest BCUT2D eigenvalue weighted by Crippen LogP contribution is 2.39. The molecule has 3 rings (SSSR count). The SMILES string of the molecule is CCc1cc(C)cc(CC)c1C1=C(OC(=O)OC)CC(CCSc2ccc(C)cc2)CC1=O. The average Bonchev–Trinajstić information content (AvgIpc) is 2.80. The molecule has 0 amide bonds. The second-order valence-corrected chi connectivity index (χ2v) is 9.84. The first-order chi connectivity index (χ1) is 15.9. The van der Waals surface area contributed by atoms with Crippen molar-refractivity contribution in [2.75, 3.05) is 12.9 Å². The van der Waals surface area contributed by atoms with E-state index in [2.05, 4.69) is 64.1 Å². The fraction of sp³-hybridized carbons (Fsp3) is 0.429. The van der Waals surface area contributed by atoms with Gasteiger partial charge in [0, 0.05) is 17.7 Å². The molecule has 4 nitrogen and oxygen atoms in total. The van der Waals surface area contributed by atoms with Crippen molar-refractivity contribution in [2.45, 2.75) is 64.7 Å². The molecule has 0 radical (unpaired) electrons. The van der Waals surface area contributed by atoms with Gasteiger partial charge in [-0.2, -0.15) is 0 Å². The zero-order chi connectivity index (χ0) is 24.0. The van der Waals surface area contributed by atoms with E-state index in [1.165, 1.54) is 23.1 Å². The average molecular weight is 467 g/mol. The third-order valence-corrected chi connectivity index (χ3v) is 7.20. The maximum absolute atomic E-state index is 13.5. The van der Waals surface area contributed by atoms with Gasteiger partial charge >= 0.3 is 6.16 Å². The molecule has 1 aliphatic carbocycles. The highest BCUT2D eigenvalue weighted by molar-refractivity contribution is 7.99. The lowest BCUT2D eigenvalue weighted by Gasteiger charge is -2.28. The number of methoxy groups -OCH3 is 1. The molecule has 5 heteroatoms. The van der Waals surface area contributed by atoms with Crippen LogP contribution in [0.3, 0.4) is 0 Å². The number of carbonyl (C=O) groups excluding carboxylic acids is 2. The number of ketones is 1. The van der Waals surface area contributed by atoms with E-state index in [-0.39, 0.29) is 11.7 Å². The minimum Gasteiger partial charge on any atom is -0.437 e. The zero-order valence-corrected chi connectivity index (χ0v) is 21.1. The Kier molecular flexibility index (Phi) is 8.79. The first-order valence-corrected chi connectivity index (χ1v) is 12.7. The number of rotatable bonds is 8. The van der Waals surface area contributed by atoms with Gasteiger partial charge in [0.25, 0.3) is 0 Å². The Morgan fingerprint density at radius 1 is 1.00 bits per heavy atom. The van der Waals surface area contributed by atoms with Crippen LogP contribution in [0.25, 0.3) is 5.57 Å². The van der Waals surface area contributed by atoms with Crippen molar-refractivity contribution in [3.63, 3.8) is 0 Å². The Morgan fingerprint density at radius 3 is 2.21 bits per heavy atom. The Balaban J connectivity index is 1.89. The molecule has 0 fully saturated rings. The number of Topliss-reactive ketones (excluding diaryl/α,β-unsaturated/α-hetero) is 1. The van der Waals surface area contributed by atoms with Crippen molar-refractivity contribution in [3.05, 3.63) is 70.0 Å². The Bertz CT molecular complexity index is 1010. The van der Waals surface area contributed by atoms with Crippen LogP contribution in [-0.4, -0.2) is 24.8 Å². The maximum Gasteiger partial charge on any atom is 0.513 e. The maximum atomic E-state index is 13.5. The summed E-state index contributed by atoms with van der Waals surface area (Å²) < 4.78 is 10.4. The number of hydrogen-bond donors (Lipinski definition) is 0. The normalized spacial score (nSPS) is 16.2. The summed E-state index contributed by atoms with van der Waals surface area (Å²) in [5, 5.41) is 0. The van der Waals surface area contributed by atoms with Crippen LogP contribution in [0.4, 0.5) is 4.79 Å². The summed E-state index contributed by atoms with van der Waals surface area (Å²) >= 11 is 1.79. The first kappa shape index (κ1) is 25.1. The standard InChI is InChI=1S/C28H34O4S/c1-6-21-14-19(4)15-22(7-2)26(21)27-24(29)16-20(17-25(27)32-28(30)31-5)12-13-33-23-10-8-18(3)9-11-23/h8-11,14-15,20H,6-7,12-13,16-17H2,1-5H3. The van der Waals surface area contributed by atoms with E-state index in [9.17, 15) is 9.59 Å². The lowest BCUT2D eigenvalue weighted by Crippen LogP contribution is -2.23. The summed E-state index contributed by atoms with van der Waals surface area (Å²) in [5.41, 5.74) is 6.17. The second-order valence-electron chi connectivity index (χ2n) is 8.67. The van der Waals surface area contributed by atoms with Crippen molar-refractivity contribution in [1.82, 2.24) is 0 Å². The molecule has 1 atom stereocenters. The molecule has 2 aromatic carbocycles. The van der Waals surface area contributed by atoms with E-state index in [1.807, 2.05) is 0 Å². The summed E-state index contributed by atoms with van der Waals surface area (Å²) in [7, 11) is 1.30. The number of allylic oxidation sites excluding steroid dienone is 2. The van der Waals surface area contributed by atoms with E-state index in [0.717, 1.165) is 41.7 Å². The number of benzene rings is 2. The van der Waals surface area contributed by atoms with Gasteiger partial charge in [-0.3, -0.25) is 4.79 Å². The minimum atomic E-state index is -0.770. The monoisotopic (exact) mass is 466 g/mol. The quantitative estimate of drug-likeness (QED) is 0.307. The van der Waals surface area contributed by atoms with E-state index in [4.69, 9.17) is 9.47 Å². The molecule has 0 aliphatic heterocycles. The van der Waals surface area contributed by atoms with Gasteiger partial charge in [0.05, 0.1) is 12.7 Å². The molecule has 2 aromatic rings. The fourth-order valence-electron chi connectivity index (χ4n) is 4.47. The number of ether oxygens (including phenoxy) is 2. The Labute approximate surface area is 201 Å². The summed E-state index contributed by atoms with van der Waals surface area (Å²) in [5.74, 6) is 1.56. The third-order valence-electron chi connectivity index (χ3n) is 6.15. The van der Waals surface area contributed by atoms with Crippen molar-refractivity contribution in [1.29, 1.82) is 0 Å². The van der Waals surface area contributed by atoms with Crippen molar-refractivity contribution < 1.29 is 19.1 Å². The van der Waals surface area contributed by atoms with Gasteiger partial charge in [-0.05, 0) is 73.6 Å². The van der Waals surface area contributed by atoms with Gasteiger partial charge in [0.15, 0.2) is 5.78 Å². The lowest BCUT2D eigenvalue weighted by atomic mass is 9.79. The number of hydrogen-bond acceptors (Lipinski definition) is 5. The number of carbonyl (C=O) groups is 2. The molecule has 1 aliphatic rings. The van der Waals surface area contributed by atoms with E-state index in [0.29, 0.717) is 24.2 Å². The molecule has 0 saturated heterocycles. The predicted molar refractivity (Wildman–Crippen MR) is 135 cm³/mol. The van der Waals surface area contributed by atoms with Gasteiger partial charge in [-0.15, -0.1) is 11.8 Å². The van der Waals surface area contributed by atoms with Crippen LogP contribution < -0.4 is 0 Å². The molecule has 0 aromatic heterocycles. The van der Waals surface area contributed by atoms with Crippen LogP contribution in [0.15, 0.2) is 47.1 Å². The van der Waals surface area contributed by atoms with E-state index >= 15 is 0 Å². The summed E-state index contributed by atoms with van der Waals surface area (Å²) in [6.07, 6.45) is 2.75. The van der Waals surface area contributed by atoms with Gasteiger partial charge in [0.1, 0.15) is 5.76 Å². The smallest absolute Gasteiger partial charge is 0.437 e. The third kappa shape index (κ3) is 6.29. The van der Waals surface area contributed by atoms with Crippen LogP contribution in [0, 0.1) is 19.8 Å². The van der Waals surface area contributed by atoms with Gasteiger partial charge in [-0.25, -0.2) is 4.79 Å². The number of aryl methyl sites for hydroxylation is 4. The van der Waals surface area contributed by atoms with Crippen LogP contribution in [0.2, 0.25) is 0 Å². The molecule has 1 unspecified atom stereocenters. The summed E-state index contributed by atoms with van der Waals surface area (Å²) in [6, 6.07) is 12.8. The second kappa shape index (κ2) is 11.6. The molecule has 0 spiro atoms. The zero-order valence-electron chi connectivity index (χ0n) is 20.3. The molecule has 0 N–H and O–H groups in total. The van der Waals surface area contributed by atoms with Crippen LogP contribution in [-0.2, 0) is 27.1 Å². The van der Waals surface area contributed by atoms with Crippen LogP contribution >= 0.6 is 11.8 Å². The van der Waals surface area contributed by atoms with Crippen LogP contribution in [0.1, 0.15) is 60.9 Å². The molecule has 0 saturated carbocycles. The van der Waals surface area contributed by atoms with Crippen molar-refractivity contribution in [3.8, 4) is 0 Å². The van der Waals surface area contributed by atoms with Gasteiger partial charge < -0.3 is 9.47 Å². The minimum absolute atomic E-state index is 0.0544. The van der Waals surface area contributed by atoms with Crippen LogP contribution in [0.5, 0.6) is 0 Å². The molecule has 0 bridgehead atoms. The predicted octanol–water partition coefficient (Wildman–Crippen LogP) is 7.08. The topological polar surface area (TPSA) is 52.6 Å². The molecule has 176 valence electrons. The van der Waals surface area contributed by atoms with Crippen molar-refractivity contribution >= 4 is 29.3 Å².